The Labute approximate surface area is 108 Å². The number of carbonyl (C=O) groups excluding carboxylic acids is 1. The summed E-state index contributed by atoms with van der Waals surface area (Å²) in [5.74, 6) is 0.903. The predicted octanol–water partition coefficient (Wildman–Crippen LogP) is 3.71. The van der Waals surface area contributed by atoms with Gasteiger partial charge < -0.3 is 4.90 Å². The van der Waals surface area contributed by atoms with Crippen LogP contribution in [-0.2, 0) is 0 Å². The van der Waals surface area contributed by atoms with Gasteiger partial charge in [-0.15, -0.1) is 11.3 Å². The molecule has 1 heterocycles. The van der Waals surface area contributed by atoms with Gasteiger partial charge in [-0.05, 0) is 44.2 Å². The van der Waals surface area contributed by atoms with Gasteiger partial charge in [0.25, 0.3) is 5.91 Å². The molecule has 1 amide bonds. The molecule has 1 aliphatic carbocycles. The van der Waals surface area contributed by atoms with E-state index in [0.717, 1.165) is 17.8 Å². The van der Waals surface area contributed by atoms with Gasteiger partial charge in [0.2, 0.25) is 0 Å². The lowest BCUT2D eigenvalue weighted by molar-refractivity contribution is 0.0740. The molecule has 17 heavy (non-hydrogen) atoms. The number of thiophene rings is 1. The van der Waals surface area contributed by atoms with Crippen molar-refractivity contribution in [3.05, 3.63) is 21.9 Å². The average molecular weight is 251 g/mol. The monoisotopic (exact) mass is 251 g/mol. The lowest BCUT2D eigenvalue weighted by Gasteiger charge is -2.22. The fourth-order valence-electron chi connectivity index (χ4n) is 1.92. The van der Waals surface area contributed by atoms with E-state index in [2.05, 4.69) is 25.7 Å². The van der Waals surface area contributed by atoms with Gasteiger partial charge in [-0.3, -0.25) is 4.79 Å². The molecule has 1 aliphatic rings. The van der Waals surface area contributed by atoms with E-state index < -0.39 is 0 Å². The van der Waals surface area contributed by atoms with Gasteiger partial charge in [-0.2, -0.15) is 0 Å². The number of hydrogen-bond donors (Lipinski definition) is 0. The molecule has 0 bridgehead atoms. The van der Waals surface area contributed by atoms with E-state index in [1.165, 1.54) is 17.7 Å². The molecule has 0 spiro atoms. The molecule has 1 aromatic heterocycles. The molecule has 2 nitrogen and oxygen atoms in total. The Morgan fingerprint density at radius 2 is 2.18 bits per heavy atom. The number of aryl methyl sites for hydroxylation is 1. The maximum Gasteiger partial charge on any atom is 0.264 e. The summed E-state index contributed by atoms with van der Waals surface area (Å²) in [6.45, 7) is 7.39. The third-order valence-corrected chi connectivity index (χ3v) is 4.14. The van der Waals surface area contributed by atoms with Crippen molar-refractivity contribution < 1.29 is 4.79 Å². The van der Waals surface area contributed by atoms with Gasteiger partial charge in [0.15, 0.2) is 0 Å². The van der Waals surface area contributed by atoms with E-state index in [0.29, 0.717) is 12.0 Å². The van der Waals surface area contributed by atoms with Crippen molar-refractivity contribution in [3.8, 4) is 0 Å². The largest absolute Gasteiger partial charge is 0.335 e. The summed E-state index contributed by atoms with van der Waals surface area (Å²) in [5, 5.41) is 0. The molecule has 94 valence electrons. The van der Waals surface area contributed by atoms with Gasteiger partial charge >= 0.3 is 0 Å². The van der Waals surface area contributed by atoms with Crippen LogP contribution >= 0.6 is 11.3 Å². The second-order valence-electron chi connectivity index (χ2n) is 5.32. The number of hydrogen-bond acceptors (Lipinski definition) is 2. The molecule has 0 N–H and O–H groups in total. The molecule has 0 atom stereocenters. The van der Waals surface area contributed by atoms with Crippen molar-refractivity contribution in [2.45, 2.75) is 46.1 Å². The molecule has 0 aromatic carbocycles. The molecule has 0 radical (unpaired) electrons. The highest BCUT2D eigenvalue weighted by atomic mass is 32.1. The molecular formula is C14H21NOS. The Balaban J connectivity index is 2.02. The number of amides is 1. The van der Waals surface area contributed by atoms with Gasteiger partial charge in [0, 0.05) is 17.5 Å². The highest BCUT2D eigenvalue weighted by molar-refractivity contribution is 7.13. The third-order valence-electron chi connectivity index (χ3n) is 3.15. The lowest BCUT2D eigenvalue weighted by atomic mass is 10.1. The van der Waals surface area contributed by atoms with Gasteiger partial charge in [0.05, 0.1) is 4.88 Å². The summed E-state index contributed by atoms with van der Waals surface area (Å²) in [4.78, 5) is 16.6. The zero-order valence-corrected chi connectivity index (χ0v) is 11.7. The first-order valence-corrected chi connectivity index (χ1v) is 7.27. The van der Waals surface area contributed by atoms with E-state index in [1.807, 2.05) is 12.1 Å². The van der Waals surface area contributed by atoms with E-state index in [4.69, 9.17) is 0 Å². The van der Waals surface area contributed by atoms with Crippen LogP contribution in [0.5, 0.6) is 0 Å². The van der Waals surface area contributed by atoms with Crippen molar-refractivity contribution in [3.63, 3.8) is 0 Å². The molecule has 0 saturated heterocycles. The van der Waals surface area contributed by atoms with Crippen molar-refractivity contribution in [2.24, 2.45) is 5.92 Å². The Morgan fingerprint density at radius 3 is 2.65 bits per heavy atom. The van der Waals surface area contributed by atoms with Gasteiger partial charge in [-0.1, -0.05) is 13.8 Å². The number of carbonyl (C=O) groups is 1. The number of nitrogens with zero attached hydrogens (tertiary/aromatic N) is 1. The first kappa shape index (κ1) is 12.6. The first-order chi connectivity index (χ1) is 8.08. The van der Waals surface area contributed by atoms with Crippen LogP contribution in [0.4, 0.5) is 0 Å². The van der Waals surface area contributed by atoms with Crippen molar-refractivity contribution in [1.82, 2.24) is 4.90 Å². The lowest BCUT2D eigenvalue weighted by Crippen LogP contribution is -2.34. The van der Waals surface area contributed by atoms with Crippen LogP contribution in [-0.4, -0.2) is 23.4 Å². The fraction of sp³-hybridized carbons (Fsp3) is 0.643. The topological polar surface area (TPSA) is 20.3 Å². The Hall–Kier alpha value is -0.830. The molecule has 3 heteroatoms. The van der Waals surface area contributed by atoms with E-state index in [1.54, 1.807) is 11.3 Å². The molecule has 1 aromatic rings. The molecule has 0 aliphatic heterocycles. The minimum Gasteiger partial charge on any atom is -0.335 e. The average Bonchev–Trinajstić information content (AvgIpc) is 3.00. The molecule has 1 saturated carbocycles. The zero-order valence-electron chi connectivity index (χ0n) is 10.9. The van der Waals surface area contributed by atoms with Crippen LogP contribution < -0.4 is 0 Å². The number of rotatable bonds is 5. The van der Waals surface area contributed by atoms with Crippen LogP contribution in [0, 0.1) is 12.8 Å². The van der Waals surface area contributed by atoms with E-state index >= 15 is 0 Å². The summed E-state index contributed by atoms with van der Waals surface area (Å²) in [7, 11) is 0. The van der Waals surface area contributed by atoms with E-state index in [-0.39, 0.29) is 5.91 Å². The quantitative estimate of drug-likeness (QED) is 0.781. The molecule has 2 rings (SSSR count). The van der Waals surface area contributed by atoms with E-state index in [9.17, 15) is 4.79 Å². The van der Waals surface area contributed by atoms with Crippen molar-refractivity contribution >= 4 is 17.2 Å². The Morgan fingerprint density at radius 1 is 1.47 bits per heavy atom. The predicted molar refractivity (Wildman–Crippen MR) is 72.6 cm³/mol. The maximum absolute atomic E-state index is 12.4. The Bertz CT molecular complexity index is 393. The smallest absolute Gasteiger partial charge is 0.264 e. The third kappa shape index (κ3) is 3.32. The van der Waals surface area contributed by atoms with Crippen LogP contribution in [0.2, 0.25) is 0 Å². The van der Waals surface area contributed by atoms with Crippen LogP contribution in [0.15, 0.2) is 12.1 Å². The summed E-state index contributed by atoms with van der Waals surface area (Å²) < 4.78 is 0. The highest BCUT2D eigenvalue weighted by Crippen LogP contribution is 2.30. The fourth-order valence-corrected chi connectivity index (χ4v) is 2.75. The van der Waals surface area contributed by atoms with Gasteiger partial charge in [0.1, 0.15) is 0 Å². The zero-order chi connectivity index (χ0) is 12.4. The minimum absolute atomic E-state index is 0.242. The summed E-state index contributed by atoms with van der Waals surface area (Å²) in [6, 6.07) is 4.52. The Kier molecular flexibility index (Phi) is 3.87. The van der Waals surface area contributed by atoms with Crippen LogP contribution in [0.3, 0.4) is 0 Å². The normalized spacial score (nSPS) is 15.3. The SMILES string of the molecule is Cc1ccc(C(=O)N(CCC(C)C)C2CC2)s1. The second kappa shape index (κ2) is 5.21. The first-order valence-electron chi connectivity index (χ1n) is 6.45. The second-order valence-corrected chi connectivity index (χ2v) is 6.61. The maximum atomic E-state index is 12.4. The van der Waals surface area contributed by atoms with Gasteiger partial charge in [-0.25, -0.2) is 0 Å². The highest BCUT2D eigenvalue weighted by Gasteiger charge is 2.33. The van der Waals surface area contributed by atoms with Crippen molar-refractivity contribution in [1.29, 1.82) is 0 Å². The molecular weight excluding hydrogens is 230 g/mol. The molecule has 0 unspecified atom stereocenters. The summed E-state index contributed by atoms with van der Waals surface area (Å²) in [5.41, 5.74) is 0. The molecule has 1 fully saturated rings. The standard InChI is InChI=1S/C14H21NOS/c1-10(2)8-9-15(12-5-6-12)14(16)13-7-4-11(3)17-13/h4,7,10,12H,5-6,8-9H2,1-3H3. The van der Waals surface area contributed by atoms with Crippen LogP contribution in [0.25, 0.3) is 0 Å². The summed E-state index contributed by atoms with van der Waals surface area (Å²) >= 11 is 1.61. The minimum atomic E-state index is 0.242. The van der Waals surface area contributed by atoms with Crippen LogP contribution in [0.1, 0.15) is 47.7 Å². The summed E-state index contributed by atoms with van der Waals surface area (Å²) in [6.07, 6.45) is 3.48. The van der Waals surface area contributed by atoms with Crippen molar-refractivity contribution in [2.75, 3.05) is 6.54 Å².